The third-order valence-electron chi connectivity index (χ3n) is 4.80. The van der Waals surface area contributed by atoms with Crippen LogP contribution in [0.4, 0.5) is 5.82 Å². The number of hydrogen-bond acceptors (Lipinski definition) is 5. The van der Waals surface area contributed by atoms with Gasteiger partial charge in [-0.05, 0) is 24.2 Å². The number of fused-ring (bicyclic) bond motifs is 2. The molecule has 21 heavy (non-hydrogen) atoms. The molecule has 0 aromatic carbocycles. The van der Waals surface area contributed by atoms with Gasteiger partial charge in [0.1, 0.15) is 12.7 Å². The second kappa shape index (κ2) is 5.10. The van der Waals surface area contributed by atoms with E-state index >= 15 is 0 Å². The van der Waals surface area contributed by atoms with Crippen molar-refractivity contribution in [1.29, 1.82) is 0 Å². The summed E-state index contributed by atoms with van der Waals surface area (Å²) in [5.74, 6) is -0.406. The topological polar surface area (TPSA) is 102 Å². The molecule has 0 spiro atoms. The molecule has 8 heteroatoms. The third-order valence-corrected chi connectivity index (χ3v) is 4.80. The molecule has 3 atom stereocenters. The number of carboxylic acid groups (broad SMARTS) is 1. The second-order valence-electron chi connectivity index (χ2n) is 5.79. The Morgan fingerprint density at radius 3 is 2.90 bits per heavy atom. The predicted molar refractivity (Wildman–Crippen MR) is 72.9 cm³/mol. The molecule has 3 heterocycles. The minimum Gasteiger partial charge on any atom is -0.481 e. The molecule has 2 bridgehead atoms. The van der Waals surface area contributed by atoms with Crippen molar-refractivity contribution in [3.63, 3.8) is 0 Å². The Bertz CT molecular complexity index is 585. The van der Waals surface area contributed by atoms with Crippen molar-refractivity contribution in [2.45, 2.75) is 44.8 Å². The number of aryl methyl sites for hydroxylation is 1. The molecule has 8 nitrogen and oxygen atoms in total. The highest BCUT2D eigenvalue weighted by Crippen LogP contribution is 2.41. The number of hydrogen-bond donors (Lipinski definition) is 1. The molecule has 1 aromatic heterocycles. The van der Waals surface area contributed by atoms with Gasteiger partial charge in [0, 0.05) is 25.6 Å². The van der Waals surface area contributed by atoms with Crippen molar-refractivity contribution < 1.29 is 14.8 Å². The first kappa shape index (κ1) is 14.0. The molecule has 0 radical (unpaired) electrons. The lowest BCUT2D eigenvalue weighted by Crippen LogP contribution is -2.35. The number of carboxylic acids is 1. The van der Waals surface area contributed by atoms with Crippen LogP contribution in [0, 0.1) is 23.0 Å². The van der Waals surface area contributed by atoms with E-state index in [9.17, 15) is 20.0 Å². The fourth-order valence-electron chi connectivity index (χ4n) is 3.81. The van der Waals surface area contributed by atoms with E-state index in [1.807, 2.05) is 0 Å². The van der Waals surface area contributed by atoms with Gasteiger partial charge >= 0.3 is 11.8 Å². The first-order valence-corrected chi connectivity index (χ1v) is 7.14. The molecule has 3 rings (SSSR count). The van der Waals surface area contributed by atoms with Crippen molar-refractivity contribution in [1.82, 2.24) is 14.5 Å². The number of imidazole rings is 1. The number of aliphatic carboxylic acids is 1. The van der Waals surface area contributed by atoms with Crippen LogP contribution in [-0.2, 0) is 11.3 Å². The minimum atomic E-state index is -0.725. The summed E-state index contributed by atoms with van der Waals surface area (Å²) in [5, 5.41) is 20.2. The largest absolute Gasteiger partial charge is 0.481 e. The van der Waals surface area contributed by atoms with E-state index in [1.165, 1.54) is 6.20 Å². The minimum absolute atomic E-state index is 0.00571. The van der Waals surface area contributed by atoms with Crippen LogP contribution in [-0.4, -0.2) is 49.1 Å². The van der Waals surface area contributed by atoms with Crippen LogP contribution in [0.15, 0.2) is 6.20 Å². The van der Waals surface area contributed by atoms with Gasteiger partial charge in [-0.3, -0.25) is 9.69 Å². The number of rotatable bonds is 5. The standard InChI is InChI=1S/C13H18N4O4/c1-8-14-7-12(17(20)21)15(8)4-5-16-9-2-3-11(16)10(6-9)13(18)19/h7,9-11H,2-6H2,1H3,(H,18,19). The monoisotopic (exact) mass is 294 g/mol. The molecule has 2 aliphatic rings. The number of nitro groups is 1. The predicted octanol–water partition coefficient (Wildman–Crippen LogP) is 1.04. The van der Waals surface area contributed by atoms with E-state index in [0.717, 1.165) is 12.8 Å². The summed E-state index contributed by atoms with van der Waals surface area (Å²) >= 11 is 0. The zero-order valence-electron chi connectivity index (χ0n) is 11.8. The molecule has 114 valence electrons. The fraction of sp³-hybridized carbons (Fsp3) is 0.692. The van der Waals surface area contributed by atoms with Gasteiger partial charge in [0.05, 0.1) is 5.92 Å². The van der Waals surface area contributed by atoms with Crippen LogP contribution in [0.2, 0.25) is 0 Å². The van der Waals surface area contributed by atoms with Crippen LogP contribution >= 0.6 is 0 Å². The molecule has 2 aliphatic heterocycles. The zero-order valence-corrected chi connectivity index (χ0v) is 11.8. The maximum Gasteiger partial charge on any atom is 0.342 e. The average Bonchev–Trinajstić information content (AvgIpc) is 3.08. The van der Waals surface area contributed by atoms with Gasteiger partial charge in [-0.25, -0.2) is 9.55 Å². The van der Waals surface area contributed by atoms with Gasteiger partial charge in [0.2, 0.25) is 0 Å². The van der Waals surface area contributed by atoms with Crippen LogP contribution in [0.1, 0.15) is 25.1 Å². The van der Waals surface area contributed by atoms with Gasteiger partial charge in [-0.15, -0.1) is 0 Å². The van der Waals surface area contributed by atoms with Gasteiger partial charge in [-0.1, -0.05) is 0 Å². The molecule has 2 saturated heterocycles. The maximum absolute atomic E-state index is 11.2. The second-order valence-corrected chi connectivity index (χ2v) is 5.79. The van der Waals surface area contributed by atoms with Crippen LogP contribution in [0.5, 0.6) is 0 Å². The van der Waals surface area contributed by atoms with Crippen molar-refractivity contribution in [3.05, 3.63) is 22.1 Å². The average molecular weight is 294 g/mol. The van der Waals surface area contributed by atoms with Crippen molar-refractivity contribution in [2.75, 3.05) is 6.54 Å². The van der Waals surface area contributed by atoms with Gasteiger partial charge < -0.3 is 15.2 Å². The lowest BCUT2D eigenvalue weighted by Gasteiger charge is -2.21. The molecule has 0 amide bonds. The molecule has 1 N–H and O–H groups in total. The quantitative estimate of drug-likeness (QED) is 0.643. The Balaban J connectivity index is 1.71. The normalized spacial score (nSPS) is 28.1. The summed E-state index contributed by atoms with van der Waals surface area (Å²) in [6.45, 7) is 2.85. The van der Waals surface area contributed by atoms with Crippen LogP contribution < -0.4 is 0 Å². The van der Waals surface area contributed by atoms with Crippen LogP contribution in [0.25, 0.3) is 0 Å². The van der Waals surface area contributed by atoms with Crippen molar-refractivity contribution >= 4 is 11.8 Å². The number of aromatic nitrogens is 2. The highest BCUT2D eigenvalue weighted by atomic mass is 16.6. The fourth-order valence-corrected chi connectivity index (χ4v) is 3.81. The van der Waals surface area contributed by atoms with Gasteiger partial charge in [0.25, 0.3) is 0 Å². The molecule has 0 saturated carbocycles. The third kappa shape index (κ3) is 2.29. The Morgan fingerprint density at radius 1 is 1.52 bits per heavy atom. The molecule has 0 aliphatic carbocycles. The lowest BCUT2D eigenvalue weighted by atomic mass is 9.89. The first-order chi connectivity index (χ1) is 9.99. The summed E-state index contributed by atoms with van der Waals surface area (Å²) < 4.78 is 1.59. The van der Waals surface area contributed by atoms with E-state index in [4.69, 9.17) is 0 Å². The molecular weight excluding hydrogens is 276 g/mol. The molecular formula is C13H18N4O4. The van der Waals surface area contributed by atoms with E-state index < -0.39 is 10.9 Å². The van der Waals surface area contributed by atoms with E-state index in [-0.39, 0.29) is 17.8 Å². The summed E-state index contributed by atoms with van der Waals surface area (Å²) in [6.07, 6.45) is 3.91. The Hall–Kier alpha value is -1.96. The van der Waals surface area contributed by atoms with Crippen LogP contribution in [0.3, 0.4) is 0 Å². The SMILES string of the molecule is Cc1ncc([N+](=O)[O-])n1CCN1C2CCC1C(C(=O)O)C2. The van der Waals surface area contributed by atoms with E-state index in [1.54, 1.807) is 11.5 Å². The lowest BCUT2D eigenvalue weighted by molar-refractivity contribution is -0.392. The summed E-state index contributed by atoms with van der Waals surface area (Å²) in [7, 11) is 0. The van der Waals surface area contributed by atoms with Crippen molar-refractivity contribution in [2.24, 2.45) is 5.92 Å². The Morgan fingerprint density at radius 2 is 2.29 bits per heavy atom. The highest BCUT2D eigenvalue weighted by molar-refractivity contribution is 5.71. The summed E-state index contributed by atoms with van der Waals surface area (Å²) in [6, 6.07) is 0.384. The van der Waals surface area contributed by atoms with Gasteiger partial charge in [-0.2, -0.15) is 0 Å². The number of nitrogens with zero attached hydrogens (tertiary/aromatic N) is 4. The maximum atomic E-state index is 11.2. The summed E-state index contributed by atoms with van der Waals surface area (Å²) in [5.41, 5.74) is 0. The Kier molecular flexibility index (Phi) is 3.40. The van der Waals surface area contributed by atoms with E-state index in [0.29, 0.717) is 31.4 Å². The Labute approximate surface area is 121 Å². The zero-order chi connectivity index (χ0) is 15.1. The van der Waals surface area contributed by atoms with E-state index in [2.05, 4.69) is 9.88 Å². The smallest absolute Gasteiger partial charge is 0.342 e. The summed E-state index contributed by atoms with van der Waals surface area (Å²) in [4.78, 5) is 28.0. The molecule has 3 unspecified atom stereocenters. The molecule has 1 aromatic rings. The van der Waals surface area contributed by atoms with Crippen molar-refractivity contribution in [3.8, 4) is 0 Å². The molecule has 2 fully saturated rings. The highest BCUT2D eigenvalue weighted by Gasteiger charge is 2.49. The number of carbonyl (C=O) groups is 1. The first-order valence-electron chi connectivity index (χ1n) is 7.14. The van der Waals surface area contributed by atoms with Gasteiger partial charge in [0.15, 0.2) is 5.82 Å².